The first-order valence-electron chi connectivity index (χ1n) is 6.04. The van der Waals surface area contributed by atoms with Crippen molar-refractivity contribution in [3.63, 3.8) is 0 Å². The summed E-state index contributed by atoms with van der Waals surface area (Å²) in [5, 5.41) is 3.25. The third-order valence-electron chi connectivity index (χ3n) is 2.96. The van der Waals surface area contributed by atoms with E-state index in [4.69, 9.17) is 0 Å². The van der Waals surface area contributed by atoms with E-state index in [-0.39, 0.29) is 18.3 Å². The summed E-state index contributed by atoms with van der Waals surface area (Å²) in [6.45, 7) is 5.56. The van der Waals surface area contributed by atoms with Crippen LogP contribution in [-0.2, 0) is 4.79 Å². The number of nitrogens with one attached hydrogen (secondary N) is 1. The highest BCUT2D eigenvalue weighted by atomic mass is 79.9. The van der Waals surface area contributed by atoms with Crippen molar-refractivity contribution < 1.29 is 4.79 Å². The molecule has 6 heteroatoms. The Kier molecular flexibility index (Phi) is 7.21. The fourth-order valence-electron chi connectivity index (χ4n) is 1.92. The maximum Gasteiger partial charge on any atom is 0.233 e. The second-order valence-electron chi connectivity index (χ2n) is 4.33. The summed E-state index contributed by atoms with van der Waals surface area (Å²) in [6, 6.07) is 6.16. The number of piperazine rings is 1. The van der Waals surface area contributed by atoms with Gasteiger partial charge in [0, 0.05) is 35.5 Å². The summed E-state index contributed by atoms with van der Waals surface area (Å²) in [6.07, 6.45) is 0. The van der Waals surface area contributed by atoms with Crippen LogP contribution in [0, 0.1) is 6.92 Å². The quantitative estimate of drug-likeness (QED) is 0.836. The molecule has 0 unspecified atom stereocenters. The first-order valence-corrected chi connectivity index (χ1v) is 7.82. The van der Waals surface area contributed by atoms with Gasteiger partial charge in [0.25, 0.3) is 0 Å². The molecule has 1 saturated heterocycles. The number of rotatable bonds is 3. The number of halogens is 2. The van der Waals surface area contributed by atoms with Crippen LogP contribution in [0.5, 0.6) is 0 Å². The first kappa shape index (κ1) is 16.8. The standard InChI is InChI=1S/C13H17BrN2OS.ClH/c1-10-8-11(14)2-3-12(10)18-9-13(17)16-6-4-15-5-7-16;/h2-3,8,15H,4-7,9H2,1H3;1H. The van der Waals surface area contributed by atoms with Crippen molar-refractivity contribution in [1.29, 1.82) is 0 Å². The number of hydrogen-bond acceptors (Lipinski definition) is 3. The Morgan fingerprint density at radius 1 is 1.42 bits per heavy atom. The lowest BCUT2D eigenvalue weighted by atomic mass is 10.2. The maximum atomic E-state index is 12.0. The fourth-order valence-corrected chi connectivity index (χ4v) is 3.31. The number of hydrogen-bond donors (Lipinski definition) is 1. The zero-order chi connectivity index (χ0) is 13.0. The Labute approximate surface area is 133 Å². The molecule has 1 amide bonds. The number of nitrogens with zero attached hydrogens (tertiary/aromatic N) is 1. The van der Waals surface area contributed by atoms with Crippen LogP contribution in [0.15, 0.2) is 27.6 Å². The van der Waals surface area contributed by atoms with Gasteiger partial charge in [0.05, 0.1) is 5.75 Å². The second kappa shape index (κ2) is 8.15. The van der Waals surface area contributed by atoms with Gasteiger partial charge in [0.15, 0.2) is 0 Å². The highest BCUT2D eigenvalue weighted by molar-refractivity contribution is 9.10. The van der Waals surface area contributed by atoms with Crippen molar-refractivity contribution in [1.82, 2.24) is 10.2 Å². The average molecular weight is 366 g/mol. The van der Waals surface area contributed by atoms with Crippen molar-refractivity contribution in [3.05, 3.63) is 28.2 Å². The van der Waals surface area contributed by atoms with Gasteiger partial charge >= 0.3 is 0 Å². The van der Waals surface area contributed by atoms with Gasteiger partial charge in [0.1, 0.15) is 0 Å². The number of amides is 1. The number of carbonyl (C=O) groups excluding carboxylic acids is 1. The van der Waals surface area contributed by atoms with Crippen molar-refractivity contribution in [2.24, 2.45) is 0 Å². The summed E-state index contributed by atoms with van der Waals surface area (Å²) in [5.74, 6) is 0.770. The van der Waals surface area contributed by atoms with E-state index < -0.39 is 0 Å². The minimum atomic E-state index is 0. The van der Waals surface area contributed by atoms with Crippen molar-refractivity contribution >= 4 is 46.0 Å². The van der Waals surface area contributed by atoms with Crippen LogP contribution in [-0.4, -0.2) is 42.7 Å². The van der Waals surface area contributed by atoms with E-state index in [9.17, 15) is 4.79 Å². The fraction of sp³-hybridized carbons (Fsp3) is 0.462. The lowest BCUT2D eigenvalue weighted by molar-refractivity contribution is -0.128. The predicted molar refractivity (Wildman–Crippen MR) is 86.3 cm³/mol. The number of aryl methyl sites for hydroxylation is 1. The monoisotopic (exact) mass is 364 g/mol. The molecule has 0 radical (unpaired) electrons. The maximum absolute atomic E-state index is 12.0. The van der Waals surface area contributed by atoms with Gasteiger partial charge in [-0.05, 0) is 30.7 Å². The third-order valence-corrected chi connectivity index (χ3v) is 4.61. The van der Waals surface area contributed by atoms with Crippen LogP contribution in [0.3, 0.4) is 0 Å². The molecule has 106 valence electrons. The van der Waals surface area contributed by atoms with E-state index in [0.29, 0.717) is 5.75 Å². The second-order valence-corrected chi connectivity index (χ2v) is 6.26. The minimum absolute atomic E-state index is 0. The molecule has 19 heavy (non-hydrogen) atoms. The largest absolute Gasteiger partial charge is 0.339 e. The van der Waals surface area contributed by atoms with Crippen LogP contribution in [0.2, 0.25) is 0 Å². The molecule has 1 N–H and O–H groups in total. The summed E-state index contributed by atoms with van der Waals surface area (Å²) in [7, 11) is 0. The minimum Gasteiger partial charge on any atom is -0.339 e. The predicted octanol–water partition coefficient (Wildman–Crippen LogP) is 2.70. The summed E-state index contributed by atoms with van der Waals surface area (Å²) < 4.78 is 1.08. The van der Waals surface area contributed by atoms with Gasteiger partial charge in [-0.1, -0.05) is 15.9 Å². The van der Waals surface area contributed by atoms with Crippen LogP contribution < -0.4 is 5.32 Å². The van der Waals surface area contributed by atoms with E-state index in [1.165, 1.54) is 10.5 Å². The van der Waals surface area contributed by atoms with E-state index >= 15 is 0 Å². The van der Waals surface area contributed by atoms with Crippen LogP contribution >= 0.6 is 40.1 Å². The Morgan fingerprint density at radius 3 is 2.74 bits per heavy atom. The Hall–Kier alpha value is -0.230. The van der Waals surface area contributed by atoms with E-state index in [1.54, 1.807) is 11.8 Å². The molecule has 1 aliphatic rings. The summed E-state index contributed by atoms with van der Waals surface area (Å²) in [5.41, 5.74) is 1.21. The van der Waals surface area contributed by atoms with Crippen molar-refractivity contribution in [2.75, 3.05) is 31.9 Å². The molecule has 1 aromatic rings. The van der Waals surface area contributed by atoms with Crippen molar-refractivity contribution in [2.45, 2.75) is 11.8 Å². The van der Waals surface area contributed by atoms with Gasteiger partial charge in [-0.2, -0.15) is 0 Å². The van der Waals surface area contributed by atoms with Crippen molar-refractivity contribution in [3.8, 4) is 0 Å². The molecule has 0 aliphatic carbocycles. The highest BCUT2D eigenvalue weighted by Gasteiger charge is 2.16. The normalized spacial score (nSPS) is 14.9. The first-order chi connectivity index (χ1) is 8.66. The summed E-state index contributed by atoms with van der Waals surface area (Å²) >= 11 is 5.07. The van der Waals surface area contributed by atoms with Crippen LogP contribution in [0.1, 0.15) is 5.56 Å². The summed E-state index contributed by atoms with van der Waals surface area (Å²) in [4.78, 5) is 15.1. The third kappa shape index (κ3) is 4.99. The molecule has 1 heterocycles. The topological polar surface area (TPSA) is 32.3 Å². The molecule has 2 rings (SSSR count). The molecule has 1 fully saturated rings. The Balaban J connectivity index is 0.00000180. The number of thioether (sulfide) groups is 1. The number of benzene rings is 1. The smallest absolute Gasteiger partial charge is 0.233 e. The Morgan fingerprint density at radius 2 is 2.11 bits per heavy atom. The molecule has 0 aromatic heterocycles. The molecule has 0 atom stereocenters. The molecule has 1 aliphatic heterocycles. The Bertz CT molecular complexity index is 439. The SMILES string of the molecule is Cc1cc(Br)ccc1SCC(=O)N1CCNCC1.Cl. The molecular weight excluding hydrogens is 348 g/mol. The van der Waals surface area contributed by atoms with Gasteiger partial charge in [-0.25, -0.2) is 0 Å². The average Bonchev–Trinajstić information content (AvgIpc) is 2.38. The van der Waals surface area contributed by atoms with Gasteiger partial charge in [0.2, 0.25) is 5.91 Å². The molecule has 0 spiro atoms. The molecule has 0 bridgehead atoms. The molecular formula is C13H18BrClN2OS. The molecule has 0 saturated carbocycles. The van der Waals surface area contributed by atoms with Gasteiger partial charge < -0.3 is 10.2 Å². The lowest BCUT2D eigenvalue weighted by Gasteiger charge is -2.27. The highest BCUT2D eigenvalue weighted by Crippen LogP contribution is 2.25. The van der Waals surface area contributed by atoms with Crippen LogP contribution in [0.4, 0.5) is 0 Å². The molecule has 1 aromatic carbocycles. The van der Waals surface area contributed by atoms with Gasteiger partial charge in [-0.3, -0.25) is 4.79 Å². The van der Waals surface area contributed by atoms with Crippen LogP contribution in [0.25, 0.3) is 0 Å². The van der Waals surface area contributed by atoms with E-state index in [1.807, 2.05) is 11.0 Å². The number of carbonyl (C=O) groups is 1. The lowest BCUT2D eigenvalue weighted by Crippen LogP contribution is -2.47. The molecule has 3 nitrogen and oxygen atoms in total. The zero-order valence-corrected chi connectivity index (χ0v) is 14.0. The zero-order valence-electron chi connectivity index (χ0n) is 10.8. The van der Waals surface area contributed by atoms with E-state index in [2.05, 4.69) is 40.3 Å². The van der Waals surface area contributed by atoms with E-state index in [0.717, 1.165) is 30.7 Å². The van der Waals surface area contributed by atoms with Gasteiger partial charge in [-0.15, -0.1) is 24.2 Å².